The second kappa shape index (κ2) is 14.9. The quantitative estimate of drug-likeness (QED) is 0.180. The summed E-state index contributed by atoms with van der Waals surface area (Å²) in [6.45, 7) is 4.66. The first-order valence-electron chi connectivity index (χ1n) is 14.3. The third-order valence-corrected chi connectivity index (χ3v) is 9.44. The number of carbonyl (C=O) groups is 2. The molecule has 4 aromatic carbocycles. The Morgan fingerprint density at radius 2 is 1.53 bits per heavy atom. The van der Waals surface area contributed by atoms with Crippen molar-refractivity contribution in [3.8, 4) is 0 Å². The smallest absolute Gasteiger partial charge is 0.264 e. The summed E-state index contributed by atoms with van der Waals surface area (Å²) in [5.41, 5.74) is 2.24. The van der Waals surface area contributed by atoms with Crippen LogP contribution in [0.1, 0.15) is 30.5 Å². The van der Waals surface area contributed by atoms with Crippen molar-refractivity contribution < 1.29 is 22.4 Å². The lowest BCUT2D eigenvalue weighted by atomic mass is 10.0. The minimum absolute atomic E-state index is 0.0455. The van der Waals surface area contributed by atoms with Gasteiger partial charge in [-0.2, -0.15) is 0 Å². The summed E-state index contributed by atoms with van der Waals surface area (Å²) in [7, 11) is -4.30. The van der Waals surface area contributed by atoms with Gasteiger partial charge in [-0.1, -0.05) is 77.3 Å². The van der Waals surface area contributed by atoms with Gasteiger partial charge in [-0.15, -0.1) is 0 Å². The lowest BCUT2D eigenvalue weighted by molar-refractivity contribution is -0.140. The van der Waals surface area contributed by atoms with Crippen molar-refractivity contribution in [2.45, 2.75) is 50.7 Å². The predicted octanol–water partition coefficient (Wildman–Crippen LogP) is 6.80. The van der Waals surface area contributed by atoms with Crippen LogP contribution in [0, 0.1) is 12.7 Å². The molecule has 7 nitrogen and oxygen atoms in total. The number of carbonyl (C=O) groups excluding carboxylic acids is 2. The van der Waals surface area contributed by atoms with E-state index >= 15 is 0 Å². The van der Waals surface area contributed by atoms with Crippen molar-refractivity contribution in [1.82, 2.24) is 10.2 Å². The van der Waals surface area contributed by atoms with Gasteiger partial charge >= 0.3 is 0 Å². The fourth-order valence-corrected chi connectivity index (χ4v) is 6.62. The minimum atomic E-state index is -4.30. The van der Waals surface area contributed by atoms with Crippen LogP contribution in [0.3, 0.4) is 0 Å². The maximum Gasteiger partial charge on any atom is 0.264 e. The van der Waals surface area contributed by atoms with Crippen molar-refractivity contribution in [3.63, 3.8) is 0 Å². The molecule has 0 aliphatic rings. The Morgan fingerprint density at radius 1 is 0.889 bits per heavy atom. The lowest BCUT2D eigenvalue weighted by Gasteiger charge is -2.34. The van der Waals surface area contributed by atoms with E-state index in [9.17, 15) is 22.4 Å². The number of hydrogen-bond acceptors (Lipinski definition) is 4. The van der Waals surface area contributed by atoms with E-state index in [0.29, 0.717) is 10.6 Å². The molecule has 4 rings (SSSR count). The molecule has 0 heterocycles. The molecule has 1 unspecified atom stereocenters. The third kappa shape index (κ3) is 8.84. The fourth-order valence-electron chi connectivity index (χ4n) is 4.74. The minimum Gasteiger partial charge on any atom is -0.352 e. The second-order valence-corrected chi connectivity index (χ2v) is 13.6. The van der Waals surface area contributed by atoms with Gasteiger partial charge in [0.2, 0.25) is 11.8 Å². The first-order valence-corrected chi connectivity index (χ1v) is 16.5. The van der Waals surface area contributed by atoms with E-state index in [1.807, 2.05) is 51.1 Å². The zero-order valence-corrected chi connectivity index (χ0v) is 27.4. The molecule has 11 heteroatoms. The Bertz CT molecular complexity index is 1740. The number of amides is 2. The molecule has 45 heavy (non-hydrogen) atoms. The lowest BCUT2D eigenvalue weighted by Crippen LogP contribution is -2.54. The fraction of sp³-hybridized carbons (Fsp3) is 0.235. The molecule has 0 aromatic heterocycles. The number of aryl methyl sites for hydroxylation is 1. The number of hydrogen-bond donors (Lipinski definition) is 1. The van der Waals surface area contributed by atoms with Crippen molar-refractivity contribution >= 4 is 50.7 Å². The molecular formula is C34H34Cl2FN3O4S. The van der Waals surface area contributed by atoms with Gasteiger partial charge in [-0.05, 0) is 80.4 Å². The molecule has 0 aliphatic heterocycles. The van der Waals surface area contributed by atoms with Crippen LogP contribution in [0.2, 0.25) is 10.0 Å². The summed E-state index contributed by atoms with van der Waals surface area (Å²) in [6, 6.07) is 23.8. The summed E-state index contributed by atoms with van der Waals surface area (Å²) in [5, 5.41) is 3.58. The van der Waals surface area contributed by atoms with E-state index in [1.54, 1.807) is 24.3 Å². The average molecular weight is 671 g/mol. The van der Waals surface area contributed by atoms with Crippen molar-refractivity contribution in [2.75, 3.05) is 10.8 Å². The number of rotatable bonds is 12. The summed E-state index contributed by atoms with van der Waals surface area (Å²) in [5.74, 6) is -1.65. The molecule has 0 aliphatic carbocycles. The maximum atomic E-state index is 14.4. The van der Waals surface area contributed by atoms with Crippen LogP contribution >= 0.6 is 23.2 Å². The van der Waals surface area contributed by atoms with E-state index in [1.165, 1.54) is 35.2 Å². The Labute approximate surface area is 273 Å². The van der Waals surface area contributed by atoms with Gasteiger partial charge in [-0.25, -0.2) is 12.8 Å². The maximum absolute atomic E-state index is 14.4. The largest absolute Gasteiger partial charge is 0.352 e. The first-order chi connectivity index (χ1) is 21.3. The molecule has 1 atom stereocenters. The Hall–Kier alpha value is -3.92. The molecule has 1 N–H and O–H groups in total. The van der Waals surface area contributed by atoms with E-state index in [-0.39, 0.29) is 34.6 Å². The molecule has 0 fully saturated rings. The van der Waals surface area contributed by atoms with E-state index in [4.69, 9.17) is 23.2 Å². The molecular weight excluding hydrogens is 636 g/mol. The molecule has 236 valence electrons. The summed E-state index contributed by atoms with van der Waals surface area (Å²) < 4.78 is 42.9. The molecule has 4 aromatic rings. The standard InChI is InChI=1S/C34H34Cl2FN3O4S/c1-23(2)38-34(42)32(19-25-7-5-4-6-8-25)39(21-26-11-12-27(35)20-31(26)36)33(41)22-40(29-15-13-28(37)14-16-29)45(43,44)30-17-9-24(3)10-18-30/h4-18,20,23,32H,19,21-22H2,1-3H3,(H,38,42). The average Bonchev–Trinajstić information content (AvgIpc) is 2.99. The van der Waals surface area contributed by atoms with Gasteiger partial charge in [0, 0.05) is 29.1 Å². The van der Waals surface area contributed by atoms with Crippen molar-refractivity contribution in [2.24, 2.45) is 0 Å². The number of halogens is 3. The van der Waals surface area contributed by atoms with E-state index < -0.39 is 40.2 Å². The Balaban J connectivity index is 1.82. The highest BCUT2D eigenvalue weighted by molar-refractivity contribution is 7.92. The van der Waals surface area contributed by atoms with Crippen LogP contribution in [-0.2, 0) is 32.6 Å². The normalized spacial score (nSPS) is 12.1. The van der Waals surface area contributed by atoms with Gasteiger partial charge in [0.15, 0.2) is 0 Å². The predicted molar refractivity (Wildman–Crippen MR) is 176 cm³/mol. The van der Waals surface area contributed by atoms with Crippen molar-refractivity contribution in [3.05, 3.63) is 130 Å². The number of sulfonamides is 1. The highest BCUT2D eigenvalue weighted by Crippen LogP contribution is 2.27. The molecule has 0 radical (unpaired) electrons. The first kappa shape index (κ1) is 34.0. The Kier molecular flexibility index (Phi) is 11.3. The van der Waals surface area contributed by atoms with Crippen LogP contribution < -0.4 is 9.62 Å². The molecule has 2 amide bonds. The van der Waals surface area contributed by atoms with Crippen LogP contribution in [0.25, 0.3) is 0 Å². The Morgan fingerprint density at radius 3 is 2.13 bits per heavy atom. The number of anilines is 1. The molecule has 0 saturated heterocycles. The topological polar surface area (TPSA) is 86.8 Å². The summed E-state index contributed by atoms with van der Waals surface area (Å²) in [4.78, 5) is 29.5. The highest BCUT2D eigenvalue weighted by Gasteiger charge is 2.35. The van der Waals surface area contributed by atoms with Crippen LogP contribution in [0.5, 0.6) is 0 Å². The molecule has 0 bridgehead atoms. The van der Waals surface area contributed by atoms with Crippen LogP contribution in [0.4, 0.5) is 10.1 Å². The highest BCUT2D eigenvalue weighted by atomic mass is 35.5. The SMILES string of the molecule is Cc1ccc(S(=O)(=O)N(CC(=O)N(Cc2ccc(Cl)cc2Cl)C(Cc2ccccc2)C(=O)NC(C)C)c2ccc(F)cc2)cc1. The number of nitrogens with one attached hydrogen (secondary N) is 1. The van der Waals surface area contributed by atoms with Gasteiger partial charge in [-0.3, -0.25) is 13.9 Å². The number of nitrogens with zero attached hydrogens (tertiary/aromatic N) is 2. The van der Waals surface area contributed by atoms with Gasteiger partial charge in [0.05, 0.1) is 10.6 Å². The van der Waals surface area contributed by atoms with Crippen LogP contribution in [-0.4, -0.2) is 43.8 Å². The van der Waals surface area contributed by atoms with Gasteiger partial charge in [0.25, 0.3) is 10.0 Å². The summed E-state index contributed by atoms with van der Waals surface area (Å²) in [6.07, 6.45) is 0.150. The zero-order chi connectivity index (χ0) is 32.7. The monoisotopic (exact) mass is 669 g/mol. The zero-order valence-electron chi connectivity index (χ0n) is 25.1. The summed E-state index contributed by atoms with van der Waals surface area (Å²) >= 11 is 12.7. The number of benzene rings is 4. The molecule has 0 spiro atoms. The van der Waals surface area contributed by atoms with Crippen LogP contribution in [0.15, 0.2) is 102 Å². The molecule has 0 saturated carbocycles. The second-order valence-electron chi connectivity index (χ2n) is 10.9. The van der Waals surface area contributed by atoms with Gasteiger partial charge in [0.1, 0.15) is 18.4 Å². The van der Waals surface area contributed by atoms with E-state index in [0.717, 1.165) is 27.6 Å². The van der Waals surface area contributed by atoms with Crippen molar-refractivity contribution in [1.29, 1.82) is 0 Å². The van der Waals surface area contributed by atoms with Gasteiger partial charge < -0.3 is 10.2 Å². The van der Waals surface area contributed by atoms with E-state index in [2.05, 4.69) is 5.32 Å². The third-order valence-electron chi connectivity index (χ3n) is 7.06.